The van der Waals surface area contributed by atoms with Gasteiger partial charge < -0.3 is 20.7 Å². The number of halogens is 1. The molecule has 8 nitrogen and oxygen atoms in total. The van der Waals surface area contributed by atoms with Crippen LogP contribution < -0.4 is 11.4 Å². The second-order valence-electron chi connectivity index (χ2n) is 3.82. The first-order chi connectivity index (χ1) is 8.40. The number of aliphatic hydroxyl groups is 1. The van der Waals surface area contributed by atoms with Gasteiger partial charge in [-0.1, -0.05) is 0 Å². The highest BCUT2D eigenvalue weighted by Crippen LogP contribution is 2.28. The molecule has 0 bridgehead atoms. The standard InChI is InChI=1S/C9H10BrN3O5/c10-3-2-13(9(17)12-7(3)11)5-1-4(14)6(18-5)8(15)16/h2,4-6,14H,1H2,(H,15,16)(H2,11,12,17)/t4-,5+,6-/m0/s1. The summed E-state index contributed by atoms with van der Waals surface area (Å²) in [6.45, 7) is 0. The molecule has 0 amide bonds. The lowest BCUT2D eigenvalue weighted by atomic mass is 10.2. The molecule has 1 aliphatic heterocycles. The lowest BCUT2D eigenvalue weighted by molar-refractivity contribution is -0.155. The molecule has 3 atom stereocenters. The Morgan fingerprint density at radius 1 is 1.67 bits per heavy atom. The highest BCUT2D eigenvalue weighted by molar-refractivity contribution is 9.10. The molecule has 0 radical (unpaired) electrons. The third kappa shape index (κ3) is 2.24. The van der Waals surface area contributed by atoms with Crippen molar-refractivity contribution in [2.24, 2.45) is 0 Å². The van der Waals surface area contributed by atoms with Crippen LogP contribution >= 0.6 is 15.9 Å². The molecule has 1 aliphatic rings. The largest absolute Gasteiger partial charge is 0.479 e. The Bertz CT molecular complexity index is 545. The smallest absolute Gasteiger partial charge is 0.351 e. The summed E-state index contributed by atoms with van der Waals surface area (Å²) in [6, 6.07) is 0. The second-order valence-corrected chi connectivity index (χ2v) is 4.67. The SMILES string of the molecule is Nc1nc(=O)n([C@H]2C[C@H](O)[C@@H](C(=O)O)O2)cc1Br. The Hall–Kier alpha value is -1.45. The van der Waals surface area contributed by atoms with Gasteiger partial charge in [-0.05, 0) is 15.9 Å². The maximum absolute atomic E-state index is 11.6. The van der Waals surface area contributed by atoms with Crippen LogP contribution in [-0.2, 0) is 9.53 Å². The molecule has 1 aromatic rings. The van der Waals surface area contributed by atoms with E-state index in [-0.39, 0.29) is 12.2 Å². The van der Waals surface area contributed by atoms with Gasteiger partial charge in [0, 0.05) is 12.6 Å². The number of carboxylic acids is 1. The van der Waals surface area contributed by atoms with Gasteiger partial charge in [0.1, 0.15) is 12.0 Å². The fourth-order valence-corrected chi connectivity index (χ4v) is 2.02. The Morgan fingerprint density at radius 3 is 2.89 bits per heavy atom. The summed E-state index contributed by atoms with van der Waals surface area (Å²) >= 11 is 3.10. The van der Waals surface area contributed by atoms with Gasteiger partial charge in [0.25, 0.3) is 0 Å². The van der Waals surface area contributed by atoms with Gasteiger partial charge in [-0.25, -0.2) is 9.59 Å². The molecule has 0 saturated carbocycles. The number of nitrogens with zero attached hydrogens (tertiary/aromatic N) is 2. The van der Waals surface area contributed by atoms with E-state index in [1.807, 2.05) is 0 Å². The van der Waals surface area contributed by atoms with Crippen molar-refractivity contribution in [3.05, 3.63) is 21.2 Å². The van der Waals surface area contributed by atoms with E-state index in [4.69, 9.17) is 15.6 Å². The highest BCUT2D eigenvalue weighted by Gasteiger charge is 2.40. The van der Waals surface area contributed by atoms with Crippen molar-refractivity contribution in [2.75, 3.05) is 5.73 Å². The van der Waals surface area contributed by atoms with Gasteiger partial charge in [-0.2, -0.15) is 4.98 Å². The zero-order valence-corrected chi connectivity index (χ0v) is 10.6. The number of hydrogen-bond donors (Lipinski definition) is 3. The summed E-state index contributed by atoms with van der Waals surface area (Å²) in [5.74, 6) is -1.25. The molecule has 2 heterocycles. The molecule has 4 N–H and O–H groups in total. The Labute approximate surface area is 109 Å². The van der Waals surface area contributed by atoms with E-state index in [1.54, 1.807) is 0 Å². The van der Waals surface area contributed by atoms with Crippen LogP contribution in [0.15, 0.2) is 15.5 Å². The van der Waals surface area contributed by atoms with E-state index < -0.39 is 30.1 Å². The summed E-state index contributed by atoms with van der Waals surface area (Å²) < 4.78 is 6.59. The Balaban J connectivity index is 2.32. The molecule has 1 fully saturated rings. The van der Waals surface area contributed by atoms with Crippen molar-refractivity contribution in [3.8, 4) is 0 Å². The Kier molecular flexibility index (Phi) is 3.37. The number of ether oxygens (including phenoxy) is 1. The van der Waals surface area contributed by atoms with Gasteiger partial charge in [-0.15, -0.1) is 0 Å². The van der Waals surface area contributed by atoms with Gasteiger partial charge in [-0.3, -0.25) is 4.57 Å². The predicted molar refractivity (Wildman–Crippen MR) is 62.8 cm³/mol. The van der Waals surface area contributed by atoms with E-state index in [0.717, 1.165) is 4.57 Å². The van der Waals surface area contributed by atoms with E-state index >= 15 is 0 Å². The maximum atomic E-state index is 11.6. The fraction of sp³-hybridized carbons (Fsp3) is 0.444. The number of carbonyl (C=O) groups is 1. The molecule has 0 aliphatic carbocycles. The molecule has 0 spiro atoms. The topological polar surface area (TPSA) is 128 Å². The Morgan fingerprint density at radius 2 is 2.33 bits per heavy atom. The zero-order valence-electron chi connectivity index (χ0n) is 8.99. The van der Waals surface area contributed by atoms with Gasteiger partial charge in [0.2, 0.25) is 0 Å². The zero-order chi connectivity index (χ0) is 13.4. The number of carboxylic acid groups (broad SMARTS) is 1. The summed E-state index contributed by atoms with van der Waals surface area (Å²) in [5.41, 5.74) is 4.77. The number of aromatic nitrogens is 2. The van der Waals surface area contributed by atoms with E-state index in [0.29, 0.717) is 4.47 Å². The molecule has 0 unspecified atom stereocenters. The van der Waals surface area contributed by atoms with Crippen LogP contribution in [0, 0.1) is 0 Å². The first-order valence-electron chi connectivity index (χ1n) is 5.00. The minimum absolute atomic E-state index is 0.00505. The minimum atomic E-state index is -1.35. The van der Waals surface area contributed by atoms with Crippen LogP contribution in [0.3, 0.4) is 0 Å². The third-order valence-electron chi connectivity index (χ3n) is 2.58. The van der Waals surface area contributed by atoms with Crippen LogP contribution in [-0.4, -0.2) is 37.9 Å². The summed E-state index contributed by atoms with van der Waals surface area (Å²) in [4.78, 5) is 25.9. The molecule has 9 heteroatoms. The average Bonchev–Trinajstić information content (AvgIpc) is 2.65. The highest BCUT2D eigenvalue weighted by atomic mass is 79.9. The number of hydrogen-bond acceptors (Lipinski definition) is 6. The van der Waals surface area contributed by atoms with Gasteiger partial charge in [0.05, 0.1) is 10.6 Å². The predicted octanol–water partition coefficient (Wildman–Crippen LogP) is -0.679. The van der Waals surface area contributed by atoms with E-state index in [9.17, 15) is 14.7 Å². The first-order valence-corrected chi connectivity index (χ1v) is 5.80. The van der Waals surface area contributed by atoms with E-state index in [1.165, 1.54) is 6.20 Å². The van der Waals surface area contributed by atoms with E-state index in [2.05, 4.69) is 20.9 Å². The molecular weight excluding hydrogens is 310 g/mol. The molecule has 98 valence electrons. The lowest BCUT2D eigenvalue weighted by Crippen LogP contribution is -2.30. The number of rotatable bonds is 2. The van der Waals surface area contributed by atoms with Gasteiger partial charge in [0.15, 0.2) is 6.10 Å². The van der Waals surface area contributed by atoms with Crippen LogP contribution in [0.2, 0.25) is 0 Å². The maximum Gasteiger partial charge on any atom is 0.351 e. The number of aliphatic hydroxyl groups excluding tert-OH is 1. The van der Waals surface area contributed by atoms with Crippen LogP contribution in [0.25, 0.3) is 0 Å². The first kappa shape index (κ1) is 13.0. The average molecular weight is 320 g/mol. The van der Waals surface area contributed by atoms with Crippen molar-refractivity contribution in [2.45, 2.75) is 24.9 Å². The molecule has 18 heavy (non-hydrogen) atoms. The molecule has 0 aromatic carbocycles. The second kappa shape index (κ2) is 4.67. The van der Waals surface area contributed by atoms with Gasteiger partial charge >= 0.3 is 11.7 Å². The van der Waals surface area contributed by atoms with Crippen molar-refractivity contribution >= 4 is 27.7 Å². The van der Waals surface area contributed by atoms with Crippen molar-refractivity contribution in [3.63, 3.8) is 0 Å². The molecule has 2 rings (SSSR count). The third-order valence-corrected chi connectivity index (χ3v) is 3.20. The normalized spacial score (nSPS) is 27.3. The fourth-order valence-electron chi connectivity index (χ4n) is 1.71. The van der Waals surface area contributed by atoms with Crippen LogP contribution in [0.4, 0.5) is 5.82 Å². The summed E-state index contributed by atoms with van der Waals surface area (Å²) in [6.07, 6.45) is -2.05. The number of nitrogen functional groups attached to an aromatic ring is 1. The van der Waals surface area contributed by atoms with Crippen molar-refractivity contribution in [1.29, 1.82) is 0 Å². The summed E-state index contributed by atoms with van der Waals surface area (Å²) in [7, 11) is 0. The molecule has 1 saturated heterocycles. The lowest BCUT2D eigenvalue weighted by Gasteiger charge is -2.14. The van der Waals surface area contributed by atoms with Crippen molar-refractivity contribution in [1.82, 2.24) is 9.55 Å². The molecular formula is C9H10BrN3O5. The number of aliphatic carboxylic acids is 1. The minimum Gasteiger partial charge on any atom is -0.479 e. The quantitative estimate of drug-likeness (QED) is 0.659. The van der Waals surface area contributed by atoms with Crippen molar-refractivity contribution < 1.29 is 19.7 Å². The summed E-state index contributed by atoms with van der Waals surface area (Å²) in [5, 5.41) is 18.3. The number of nitrogens with two attached hydrogens (primary N) is 1. The van der Waals surface area contributed by atoms with Crippen LogP contribution in [0.5, 0.6) is 0 Å². The number of anilines is 1. The monoisotopic (exact) mass is 319 g/mol. The molecule has 1 aromatic heterocycles. The van der Waals surface area contributed by atoms with Crippen LogP contribution in [0.1, 0.15) is 12.6 Å².